The average Bonchev–Trinajstić information content (AvgIpc) is 2.95. The summed E-state index contributed by atoms with van der Waals surface area (Å²) < 4.78 is 0. The molecule has 3 heterocycles. The molecule has 6 heteroatoms. The number of nitrogens with zero attached hydrogens (tertiary/aromatic N) is 3. The molecule has 0 aromatic carbocycles. The molecule has 3 rings (SSSR count). The SMILES string of the molecule is C#C.C=C(CCC)Nc1cncc(C(=C)/C=C(CC(=C)Nc2ccnc(-c3ccncc3)c2C)\C(N)=C/C)c1. The molecule has 6 nitrogen and oxygen atoms in total. The van der Waals surface area contributed by atoms with Gasteiger partial charge < -0.3 is 16.4 Å². The van der Waals surface area contributed by atoms with Crippen LogP contribution in [0.2, 0.25) is 0 Å². The third-order valence-electron chi connectivity index (χ3n) is 5.89. The number of hydrogen-bond donors (Lipinski definition) is 3. The van der Waals surface area contributed by atoms with Gasteiger partial charge in [-0.1, -0.05) is 39.2 Å². The van der Waals surface area contributed by atoms with Crippen molar-refractivity contribution in [3.05, 3.63) is 121 Å². The van der Waals surface area contributed by atoms with E-state index in [1.54, 1.807) is 31.0 Å². The van der Waals surface area contributed by atoms with E-state index in [-0.39, 0.29) is 0 Å². The first-order chi connectivity index (χ1) is 18.8. The second-order valence-corrected chi connectivity index (χ2v) is 8.85. The molecule has 0 aliphatic carbocycles. The molecule has 0 spiro atoms. The van der Waals surface area contributed by atoms with Crippen molar-refractivity contribution in [2.45, 2.75) is 40.0 Å². The van der Waals surface area contributed by atoms with E-state index >= 15 is 0 Å². The lowest BCUT2D eigenvalue weighted by atomic mass is 10.00. The fourth-order valence-corrected chi connectivity index (χ4v) is 3.90. The molecule has 0 fully saturated rings. The third kappa shape index (κ3) is 8.87. The molecular formula is C33H38N6. The van der Waals surface area contributed by atoms with Crippen LogP contribution < -0.4 is 16.4 Å². The van der Waals surface area contributed by atoms with Gasteiger partial charge in [0.25, 0.3) is 0 Å². The van der Waals surface area contributed by atoms with Crippen molar-refractivity contribution < 1.29 is 0 Å². The van der Waals surface area contributed by atoms with E-state index in [9.17, 15) is 0 Å². The van der Waals surface area contributed by atoms with Gasteiger partial charge in [-0.2, -0.15) is 0 Å². The average molecular weight is 519 g/mol. The Bertz CT molecular complexity index is 1380. The number of aromatic nitrogens is 3. The fourth-order valence-electron chi connectivity index (χ4n) is 3.90. The van der Waals surface area contributed by atoms with Crippen molar-refractivity contribution in [3.8, 4) is 24.1 Å². The van der Waals surface area contributed by atoms with E-state index in [2.05, 4.69) is 65.1 Å². The van der Waals surface area contributed by atoms with Gasteiger partial charge in [-0.3, -0.25) is 15.0 Å². The maximum absolute atomic E-state index is 6.37. The third-order valence-corrected chi connectivity index (χ3v) is 5.89. The van der Waals surface area contributed by atoms with Gasteiger partial charge in [0.05, 0.1) is 17.6 Å². The van der Waals surface area contributed by atoms with Gasteiger partial charge in [-0.15, -0.1) is 12.8 Å². The molecule has 0 aliphatic heterocycles. The number of rotatable bonds is 12. The fraction of sp³-hybridized carbons (Fsp3) is 0.182. The highest BCUT2D eigenvalue weighted by atomic mass is 14.9. The number of anilines is 2. The molecular weight excluding hydrogens is 480 g/mol. The van der Waals surface area contributed by atoms with Gasteiger partial charge in [0.2, 0.25) is 0 Å². The molecule has 0 bridgehead atoms. The predicted octanol–water partition coefficient (Wildman–Crippen LogP) is 7.64. The molecule has 0 atom stereocenters. The van der Waals surface area contributed by atoms with E-state index < -0.39 is 0 Å². The van der Waals surface area contributed by atoms with E-state index in [1.807, 2.05) is 50.3 Å². The van der Waals surface area contributed by atoms with E-state index in [1.165, 1.54) is 0 Å². The van der Waals surface area contributed by atoms with Crippen LogP contribution in [0.5, 0.6) is 0 Å². The van der Waals surface area contributed by atoms with Crippen LogP contribution in [0.3, 0.4) is 0 Å². The minimum Gasteiger partial charge on any atom is -0.399 e. The normalized spacial score (nSPS) is 11.1. The molecule has 0 saturated carbocycles. The van der Waals surface area contributed by atoms with Crippen LogP contribution in [0.1, 0.15) is 44.2 Å². The van der Waals surface area contributed by atoms with E-state index in [0.717, 1.165) is 69.1 Å². The Morgan fingerprint density at radius 1 is 1.00 bits per heavy atom. The summed E-state index contributed by atoms with van der Waals surface area (Å²) in [5, 5.41) is 6.77. The Kier molecular flexibility index (Phi) is 12.0. The number of terminal acetylenes is 1. The van der Waals surface area contributed by atoms with Crippen LogP contribution in [0, 0.1) is 19.8 Å². The Labute approximate surface area is 233 Å². The summed E-state index contributed by atoms with van der Waals surface area (Å²) in [4.78, 5) is 13.0. The molecule has 0 radical (unpaired) electrons. The van der Waals surface area contributed by atoms with Crippen molar-refractivity contribution in [1.29, 1.82) is 0 Å². The van der Waals surface area contributed by atoms with Crippen LogP contribution in [0.15, 0.2) is 110 Å². The van der Waals surface area contributed by atoms with Crippen LogP contribution in [0.25, 0.3) is 16.8 Å². The second kappa shape index (κ2) is 15.4. The highest BCUT2D eigenvalue weighted by molar-refractivity contribution is 5.76. The van der Waals surface area contributed by atoms with Gasteiger partial charge in [-0.25, -0.2) is 0 Å². The number of nitrogens with one attached hydrogen (secondary N) is 2. The van der Waals surface area contributed by atoms with Crippen LogP contribution >= 0.6 is 0 Å². The summed E-state index contributed by atoms with van der Waals surface area (Å²) in [7, 11) is 0. The molecule has 3 aromatic heterocycles. The second-order valence-electron chi connectivity index (χ2n) is 8.85. The van der Waals surface area contributed by atoms with Crippen LogP contribution in [0.4, 0.5) is 11.4 Å². The van der Waals surface area contributed by atoms with Gasteiger partial charge in [-0.05, 0) is 67.3 Å². The quantitative estimate of drug-likeness (QED) is 0.169. The lowest BCUT2D eigenvalue weighted by Crippen LogP contribution is -2.07. The first-order valence-corrected chi connectivity index (χ1v) is 12.7. The summed E-state index contributed by atoms with van der Waals surface area (Å²) in [5.41, 5.74) is 16.2. The predicted molar refractivity (Wildman–Crippen MR) is 166 cm³/mol. The molecule has 200 valence electrons. The first kappa shape index (κ1) is 30.3. The maximum atomic E-state index is 6.37. The summed E-state index contributed by atoms with van der Waals surface area (Å²) in [6, 6.07) is 7.87. The molecule has 0 aliphatic rings. The van der Waals surface area contributed by atoms with Crippen molar-refractivity contribution in [3.63, 3.8) is 0 Å². The monoisotopic (exact) mass is 518 g/mol. The van der Waals surface area contributed by atoms with Crippen molar-refractivity contribution in [2.75, 3.05) is 10.6 Å². The van der Waals surface area contributed by atoms with E-state index in [0.29, 0.717) is 12.1 Å². The van der Waals surface area contributed by atoms with Crippen LogP contribution in [-0.4, -0.2) is 15.0 Å². The Morgan fingerprint density at radius 3 is 2.38 bits per heavy atom. The zero-order valence-corrected chi connectivity index (χ0v) is 23.2. The largest absolute Gasteiger partial charge is 0.399 e. The van der Waals surface area contributed by atoms with Crippen molar-refractivity contribution >= 4 is 16.9 Å². The number of allylic oxidation sites excluding steroid dienone is 6. The minimum atomic E-state index is 0.528. The minimum absolute atomic E-state index is 0.528. The zero-order valence-electron chi connectivity index (χ0n) is 23.2. The summed E-state index contributed by atoms with van der Waals surface area (Å²) in [5.74, 6) is 0. The summed E-state index contributed by atoms with van der Waals surface area (Å²) in [6.45, 7) is 18.7. The number of hydrogen-bond acceptors (Lipinski definition) is 6. The van der Waals surface area contributed by atoms with Gasteiger partial charge in [0.15, 0.2) is 0 Å². The molecule has 0 unspecified atom stereocenters. The highest BCUT2D eigenvalue weighted by Gasteiger charge is 2.11. The number of nitrogens with two attached hydrogens (primary N) is 1. The van der Waals surface area contributed by atoms with Crippen molar-refractivity contribution in [2.24, 2.45) is 5.73 Å². The lowest BCUT2D eigenvalue weighted by Gasteiger charge is -2.17. The molecule has 4 N–H and O–H groups in total. The number of pyridine rings is 3. The first-order valence-electron chi connectivity index (χ1n) is 12.7. The van der Waals surface area contributed by atoms with E-state index in [4.69, 9.17) is 5.73 Å². The van der Waals surface area contributed by atoms with Gasteiger partial charge >= 0.3 is 0 Å². The maximum Gasteiger partial charge on any atom is 0.0752 e. The Morgan fingerprint density at radius 2 is 1.72 bits per heavy atom. The lowest BCUT2D eigenvalue weighted by molar-refractivity contribution is 0.913. The van der Waals surface area contributed by atoms with Gasteiger partial charge in [0.1, 0.15) is 0 Å². The zero-order chi connectivity index (χ0) is 28.8. The molecule has 0 saturated heterocycles. The topological polar surface area (TPSA) is 88.8 Å². The van der Waals surface area contributed by atoms with Gasteiger partial charge in [0, 0.05) is 65.1 Å². The highest BCUT2D eigenvalue weighted by Crippen LogP contribution is 2.29. The Balaban J connectivity index is 0.00000260. The molecule has 39 heavy (non-hydrogen) atoms. The summed E-state index contributed by atoms with van der Waals surface area (Å²) in [6.07, 6.45) is 23.2. The molecule has 0 amide bonds. The van der Waals surface area contributed by atoms with Crippen LogP contribution in [-0.2, 0) is 0 Å². The standard InChI is InChI=1S/C31H36N6.C2H2/c1-7-9-22(4)36-28-18-27(19-34-20-28)21(3)16-26(29(32)8-2)17-23(5)37-30-12-15-35-31(24(30)6)25-10-13-33-14-11-25;1-2/h8,10-16,18-20,36H,3-5,7,9,17,32H2,1-2,6H3,(H,35,37);1-2H/b26-16-,29-8+;. The summed E-state index contributed by atoms with van der Waals surface area (Å²) >= 11 is 0. The van der Waals surface area contributed by atoms with Crippen molar-refractivity contribution in [1.82, 2.24) is 15.0 Å². The molecule has 3 aromatic rings. The smallest absolute Gasteiger partial charge is 0.0752 e. The Hall–Kier alpha value is -4.89.